The summed E-state index contributed by atoms with van der Waals surface area (Å²) in [6.07, 6.45) is 2.02. The Morgan fingerprint density at radius 2 is 1.97 bits per heavy atom. The molecule has 4 rings (SSSR count). The van der Waals surface area contributed by atoms with Gasteiger partial charge in [-0.1, -0.05) is 25.9 Å². The Balaban J connectivity index is 1.28. The molecule has 2 heterocycles. The predicted molar refractivity (Wildman–Crippen MR) is 115 cm³/mol. The molecule has 11 heteroatoms. The summed E-state index contributed by atoms with van der Waals surface area (Å²) in [7, 11) is 0. The standard InChI is InChI=1S/C23H27FN4O6/c1-14-8-22(2,3)13-23(9-14)20(30)28(21(31)26-23)10-19(29)33-12-18-25-17(27-34-18)11-32-16-6-4-15(24)5-7-16/h4-7,14H,8-13H2,1-3H3,(H,26,31). The van der Waals surface area contributed by atoms with Crippen molar-refractivity contribution < 1.29 is 32.8 Å². The van der Waals surface area contributed by atoms with Crippen LogP contribution in [0.2, 0.25) is 0 Å². The average Bonchev–Trinajstić information content (AvgIpc) is 3.29. The fourth-order valence-corrected chi connectivity index (χ4v) is 5.05. The minimum atomic E-state index is -0.982. The number of ether oxygens (including phenoxy) is 2. The number of aromatic nitrogens is 2. The maximum absolute atomic E-state index is 13.1. The van der Waals surface area contributed by atoms with E-state index in [9.17, 15) is 18.8 Å². The van der Waals surface area contributed by atoms with Crippen LogP contribution in [0.3, 0.4) is 0 Å². The van der Waals surface area contributed by atoms with Crippen molar-refractivity contribution in [1.82, 2.24) is 20.4 Å². The number of nitrogens with zero attached hydrogens (tertiary/aromatic N) is 3. The zero-order valence-electron chi connectivity index (χ0n) is 19.3. The molecule has 2 aliphatic rings. The SMILES string of the molecule is CC1CC(C)(C)CC2(C1)NC(=O)N(CC(=O)OCc1nc(COc3ccc(F)cc3)no1)C2=O. The van der Waals surface area contributed by atoms with E-state index in [-0.39, 0.29) is 42.1 Å². The van der Waals surface area contributed by atoms with Crippen LogP contribution in [-0.4, -0.2) is 45.0 Å². The molecule has 1 N–H and O–H groups in total. The van der Waals surface area contributed by atoms with Crippen LogP contribution < -0.4 is 10.1 Å². The zero-order valence-corrected chi connectivity index (χ0v) is 19.3. The predicted octanol–water partition coefficient (Wildman–Crippen LogP) is 2.97. The fraction of sp³-hybridized carbons (Fsp3) is 0.522. The van der Waals surface area contributed by atoms with Crippen LogP contribution in [-0.2, 0) is 27.5 Å². The van der Waals surface area contributed by atoms with Crippen molar-refractivity contribution >= 4 is 17.9 Å². The van der Waals surface area contributed by atoms with Crippen LogP contribution in [0.25, 0.3) is 0 Å². The lowest BCUT2D eigenvalue weighted by Crippen LogP contribution is -2.54. The van der Waals surface area contributed by atoms with Crippen LogP contribution >= 0.6 is 0 Å². The highest BCUT2D eigenvalue weighted by Gasteiger charge is 2.56. The Morgan fingerprint density at radius 1 is 1.24 bits per heavy atom. The maximum atomic E-state index is 13.1. The number of imide groups is 1. The maximum Gasteiger partial charge on any atom is 0.326 e. The van der Waals surface area contributed by atoms with Gasteiger partial charge in [-0.2, -0.15) is 4.98 Å². The van der Waals surface area contributed by atoms with Gasteiger partial charge in [0.1, 0.15) is 23.7 Å². The van der Waals surface area contributed by atoms with Gasteiger partial charge in [0, 0.05) is 0 Å². The molecule has 0 radical (unpaired) electrons. The van der Waals surface area contributed by atoms with Crippen molar-refractivity contribution in [2.45, 2.75) is 58.8 Å². The molecule has 2 atom stereocenters. The number of nitrogens with one attached hydrogen (secondary N) is 1. The van der Waals surface area contributed by atoms with Crippen molar-refractivity contribution in [3.63, 3.8) is 0 Å². The van der Waals surface area contributed by atoms with E-state index in [1.807, 2.05) is 0 Å². The molecule has 1 aromatic carbocycles. The number of amides is 3. The van der Waals surface area contributed by atoms with Crippen molar-refractivity contribution in [1.29, 1.82) is 0 Å². The van der Waals surface area contributed by atoms with Gasteiger partial charge in [0.05, 0.1) is 0 Å². The molecular weight excluding hydrogens is 447 g/mol. The smallest absolute Gasteiger partial charge is 0.326 e. The number of carbonyl (C=O) groups excluding carboxylic acids is 3. The number of hydrogen-bond acceptors (Lipinski definition) is 8. The van der Waals surface area contributed by atoms with Gasteiger partial charge in [0.15, 0.2) is 13.2 Å². The summed E-state index contributed by atoms with van der Waals surface area (Å²) in [4.78, 5) is 42.9. The summed E-state index contributed by atoms with van der Waals surface area (Å²) in [6.45, 7) is 5.36. The topological polar surface area (TPSA) is 124 Å². The van der Waals surface area contributed by atoms with Gasteiger partial charge in [-0.25, -0.2) is 9.18 Å². The lowest BCUT2D eigenvalue weighted by atomic mass is 9.64. The van der Waals surface area contributed by atoms with Crippen LogP contribution in [0.5, 0.6) is 5.75 Å². The van der Waals surface area contributed by atoms with E-state index >= 15 is 0 Å². The third-order valence-electron chi connectivity index (χ3n) is 5.96. The molecule has 34 heavy (non-hydrogen) atoms. The molecule has 2 aromatic rings. The van der Waals surface area contributed by atoms with Gasteiger partial charge in [-0.15, -0.1) is 0 Å². The van der Waals surface area contributed by atoms with E-state index in [4.69, 9.17) is 14.0 Å². The molecule has 1 saturated carbocycles. The number of urea groups is 1. The van der Waals surface area contributed by atoms with Crippen molar-refractivity contribution in [3.8, 4) is 5.75 Å². The molecule has 1 aliphatic carbocycles. The number of hydrogen-bond donors (Lipinski definition) is 1. The van der Waals surface area contributed by atoms with Gasteiger partial charge in [0.2, 0.25) is 5.82 Å². The summed E-state index contributed by atoms with van der Waals surface area (Å²) in [5.74, 6) is -0.613. The van der Waals surface area contributed by atoms with Crippen LogP contribution in [0, 0.1) is 17.2 Å². The highest BCUT2D eigenvalue weighted by Crippen LogP contribution is 2.46. The molecule has 3 amide bonds. The summed E-state index contributed by atoms with van der Waals surface area (Å²) in [5.41, 5.74) is -1.09. The second-order valence-corrected chi connectivity index (χ2v) is 9.77. The quantitative estimate of drug-likeness (QED) is 0.480. The van der Waals surface area contributed by atoms with E-state index in [0.717, 1.165) is 11.3 Å². The Labute approximate surface area is 195 Å². The molecule has 10 nitrogen and oxygen atoms in total. The number of esters is 1. The molecule has 2 fully saturated rings. The second kappa shape index (κ2) is 9.03. The minimum Gasteiger partial charge on any atom is -0.485 e. The Morgan fingerprint density at radius 3 is 2.68 bits per heavy atom. The van der Waals surface area contributed by atoms with Crippen molar-refractivity contribution in [2.75, 3.05) is 6.54 Å². The molecule has 1 aromatic heterocycles. The van der Waals surface area contributed by atoms with Crippen LogP contribution in [0.1, 0.15) is 51.7 Å². The first-order valence-electron chi connectivity index (χ1n) is 11.0. The Kier molecular flexibility index (Phi) is 6.28. The highest BCUT2D eigenvalue weighted by molar-refractivity contribution is 6.08. The van der Waals surface area contributed by atoms with Crippen molar-refractivity contribution in [3.05, 3.63) is 41.8 Å². The molecular formula is C23H27FN4O6. The number of rotatable bonds is 7. The molecule has 2 unspecified atom stereocenters. The normalized spacial score (nSPS) is 23.8. The molecule has 1 spiro atoms. The van der Waals surface area contributed by atoms with Gasteiger partial charge in [-0.05, 0) is 54.9 Å². The van der Waals surface area contributed by atoms with Crippen LogP contribution in [0.4, 0.5) is 9.18 Å². The van der Waals surface area contributed by atoms with Gasteiger partial charge < -0.3 is 19.3 Å². The van der Waals surface area contributed by atoms with E-state index < -0.39 is 30.0 Å². The fourth-order valence-electron chi connectivity index (χ4n) is 5.05. The number of halogens is 1. The van der Waals surface area contributed by atoms with Gasteiger partial charge in [-0.3, -0.25) is 14.5 Å². The molecule has 1 aliphatic heterocycles. The largest absolute Gasteiger partial charge is 0.485 e. The molecule has 1 saturated heterocycles. The first-order valence-corrected chi connectivity index (χ1v) is 11.0. The van der Waals surface area contributed by atoms with E-state index in [0.29, 0.717) is 18.6 Å². The van der Waals surface area contributed by atoms with E-state index in [1.54, 1.807) is 0 Å². The van der Waals surface area contributed by atoms with Gasteiger partial charge in [0.25, 0.3) is 11.8 Å². The Bertz CT molecular complexity index is 1090. The average molecular weight is 474 g/mol. The number of benzene rings is 1. The summed E-state index contributed by atoms with van der Waals surface area (Å²) < 4.78 is 28.5. The Hall–Kier alpha value is -3.50. The third-order valence-corrected chi connectivity index (χ3v) is 5.96. The lowest BCUT2D eigenvalue weighted by Gasteiger charge is -2.43. The first kappa shape index (κ1) is 23.7. The third kappa shape index (κ3) is 5.18. The van der Waals surface area contributed by atoms with Crippen LogP contribution in [0.15, 0.2) is 28.8 Å². The monoisotopic (exact) mass is 474 g/mol. The summed E-state index contributed by atoms with van der Waals surface area (Å²) in [6, 6.07) is 4.86. The van der Waals surface area contributed by atoms with E-state index in [1.165, 1.54) is 24.3 Å². The van der Waals surface area contributed by atoms with Gasteiger partial charge >= 0.3 is 12.0 Å². The lowest BCUT2D eigenvalue weighted by molar-refractivity contribution is -0.150. The number of carbonyl (C=O) groups is 3. The first-order chi connectivity index (χ1) is 16.1. The zero-order chi connectivity index (χ0) is 24.5. The summed E-state index contributed by atoms with van der Waals surface area (Å²) >= 11 is 0. The highest BCUT2D eigenvalue weighted by atomic mass is 19.1. The minimum absolute atomic E-state index is 0.0254. The second-order valence-electron chi connectivity index (χ2n) is 9.77. The molecule has 0 bridgehead atoms. The van der Waals surface area contributed by atoms with Crippen molar-refractivity contribution in [2.24, 2.45) is 11.3 Å². The molecule has 182 valence electrons. The summed E-state index contributed by atoms with van der Waals surface area (Å²) in [5, 5.41) is 6.55. The van der Waals surface area contributed by atoms with E-state index in [2.05, 4.69) is 36.2 Å².